The minimum atomic E-state index is -0.531. The molecule has 0 aliphatic carbocycles. The molecule has 0 saturated carbocycles. The summed E-state index contributed by atoms with van der Waals surface area (Å²) in [4.78, 5) is 32.4. The quantitative estimate of drug-likeness (QED) is 0.513. The maximum atomic E-state index is 12.5. The lowest BCUT2D eigenvalue weighted by Crippen LogP contribution is -2.54. The summed E-state index contributed by atoms with van der Waals surface area (Å²) in [5.41, 5.74) is 0.487. The first kappa shape index (κ1) is 25.3. The van der Waals surface area contributed by atoms with Crippen molar-refractivity contribution in [3.63, 3.8) is 0 Å². The van der Waals surface area contributed by atoms with Crippen molar-refractivity contribution in [2.24, 2.45) is 4.99 Å². The molecule has 9 nitrogen and oxygen atoms in total. The summed E-state index contributed by atoms with van der Waals surface area (Å²) < 4.78 is 10.7. The summed E-state index contributed by atoms with van der Waals surface area (Å²) in [5, 5.41) is 6.50. The van der Waals surface area contributed by atoms with E-state index in [-0.39, 0.29) is 24.6 Å². The SMILES string of the molecule is COc1ccc(CN=C(NCC(=O)N(C)C)NC2CCCN(C(=O)OC(C)(C)C)C2)cc1. The predicted octanol–water partition coefficient (Wildman–Crippen LogP) is 2.22. The second-order valence-electron chi connectivity index (χ2n) is 9.06. The van der Waals surface area contributed by atoms with E-state index in [1.807, 2.05) is 45.0 Å². The zero-order chi connectivity index (χ0) is 23.7. The van der Waals surface area contributed by atoms with Crippen molar-refractivity contribution in [3.05, 3.63) is 29.8 Å². The molecule has 1 aromatic carbocycles. The van der Waals surface area contributed by atoms with Crippen molar-refractivity contribution in [1.29, 1.82) is 0 Å². The van der Waals surface area contributed by atoms with Gasteiger partial charge in [-0.1, -0.05) is 12.1 Å². The number of carbonyl (C=O) groups is 2. The molecule has 0 bridgehead atoms. The number of rotatable bonds is 6. The molecule has 0 aromatic heterocycles. The van der Waals surface area contributed by atoms with Gasteiger partial charge in [0.1, 0.15) is 11.4 Å². The Kier molecular flexibility index (Phi) is 9.16. The number of piperidine rings is 1. The number of ether oxygens (including phenoxy) is 2. The first-order chi connectivity index (χ1) is 15.1. The van der Waals surface area contributed by atoms with Crippen LogP contribution in [-0.4, -0.2) is 80.2 Å². The number of amides is 2. The van der Waals surface area contributed by atoms with Crippen LogP contribution in [0.3, 0.4) is 0 Å². The van der Waals surface area contributed by atoms with Crippen molar-refractivity contribution < 1.29 is 19.1 Å². The van der Waals surface area contributed by atoms with E-state index in [0.717, 1.165) is 24.2 Å². The van der Waals surface area contributed by atoms with E-state index in [4.69, 9.17) is 9.47 Å². The molecule has 1 heterocycles. The molecule has 178 valence electrons. The van der Waals surface area contributed by atoms with Gasteiger partial charge in [-0.3, -0.25) is 4.79 Å². The van der Waals surface area contributed by atoms with Crippen LogP contribution in [0, 0.1) is 0 Å². The Morgan fingerprint density at radius 2 is 1.91 bits per heavy atom. The lowest BCUT2D eigenvalue weighted by molar-refractivity contribution is -0.127. The molecular weight excluding hydrogens is 410 g/mol. The molecule has 2 rings (SSSR count). The molecule has 1 aliphatic rings. The molecule has 1 atom stereocenters. The number of hydrogen-bond acceptors (Lipinski definition) is 5. The Hall–Kier alpha value is -2.97. The summed E-state index contributed by atoms with van der Waals surface area (Å²) in [5.74, 6) is 1.27. The topological polar surface area (TPSA) is 95.5 Å². The standard InChI is InChI=1S/C23H37N5O4/c1-23(2,3)32-22(30)28-13-7-8-18(16-28)26-21(25-15-20(29)27(4)5)24-14-17-9-11-19(31-6)12-10-17/h9-12,18H,7-8,13-16H2,1-6H3,(H2,24,25,26). The second-order valence-corrected chi connectivity index (χ2v) is 9.06. The fourth-order valence-corrected chi connectivity index (χ4v) is 3.15. The largest absolute Gasteiger partial charge is 0.497 e. The highest BCUT2D eigenvalue weighted by atomic mass is 16.6. The third-order valence-corrected chi connectivity index (χ3v) is 4.90. The Balaban J connectivity index is 2.05. The summed E-state index contributed by atoms with van der Waals surface area (Å²) in [7, 11) is 5.06. The van der Waals surface area contributed by atoms with Gasteiger partial charge in [0.25, 0.3) is 0 Å². The van der Waals surface area contributed by atoms with E-state index in [9.17, 15) is 9.59 Å². The fraction of sp³-hybridized carbons (Fsp3) is 0.609. The summed E-state index contributed by atoms with van der Waals surface area (Å²) >= 11 is 0. The monoisotopic (exact) mass is 447 g/mol. The molecule has 9 heteroatoms. The van der Waals surface area contributed by atoms with Gasteiger partial charge < -0.3 is 29.9 Å². The summed E-state index contributed by atoms with van der Waals surface area (Å²) in [6.45, 7) is 7.33. The van der Waals surface area contributed by atoms with Crippen LogP contribution in [0.15, 0.2) is 29.3 Å². The van der Waals surface area contributed by atoms with Gasteiger partial charge in [0.15, 0.2) is 5.96 Å². The van der Waals surface area contributed by atoms with Crippen molar-refractivity contribution in [2.45, 2.75) is 51.8 Å². The average molecular weight is 448 g/mol. The van der Waals surface area contributed by atoms with Crippen LogP contribution < -0.4 is 15.4 Å². The molecule has 1 aromatic rings. The molecule has 1 fully saturated rings. The van der Waals surface area contributed by atoms with Crippen LogP contribution in [0.4, 0.5) is 4.79 Å². The Bertz CT molecular complexity index is 787. The highest BCUT2D eigenvalue weighted by Crippen LogP contribution is 2.16. The van der Waals surface area contributed by atoms with E-state index in [1.165, 1.54) is 4.90 Å². The number of nitrogens with zero attached hydrogens (tertiary/aromatic N) is 3. The first-order valence-corrected chi connectivity index (χ1v) is 10.9. The van der Waals surface area contributed by atoms with Gasteiger partial charge in [-0.15, -0.1) is 0 Å². The van der Waals surface area contributed by atoms with Crippen LogP contribution in [0.5, 0.6) is 5.75 Å². The normalized spacial score (nSPS) is 16.9. The number of aliphatic imine (C=N–C) groups is 1. The Morgan fingerprint density at radius 3 is 2.50 bits per heavy atom. The Labute approximate surface area is 191 Å². The zero-order valence-electron chi connectivity index (χ0n) is 20.1. The minimum Gasteiger partial charge on any atom is -0.497 e. The number of benzene rings is 1. The fourth-order valence-electron chi connectivity index (χ4n) is 3.15. The van der Waals surface area contributed by atoms with Gasteiger partial charge in [-0.25, -0.2) is 9.79 Å². The zero-order valence-corrected chi connectivity index (χ0v) is 20.1. The predicted molar refractivity (Wildman–Crippen MR) is 125 cm³/mol. The van der Waals surface area contributed by atoms with E-state index in [2.05, 4.69) is 15.6 Å². The smallest absolute Gasteiger partial charge is 0.410 e. The van der Waals surface area contributed by atoms with Crippen molar-refractivity contribution in [3.8, 4) is 5.75 Å². The molecule has 1 aliphatic heterocycles. The molecule has 2 N–H and O–H groups in total. The molecule has 1 unspecified atom stereocenters. The van der Waals surface area contributed by atoms with Crippen LogP contribution in [-0.2, 0) is 16.1 Å². The van der Waals surface area contributed by atoms with Gasteiger partial charge in [-0.05, 0) is 51.3 Å². The number of guanidine groups is 1. The molecule has 0 spiro atoms. The number of likely N-dealkylation sites (N-methyl/N-ethyl adjacent to an activating group) is 1. The average Bonchev–Trinajstić information content (AvgIpc) is 2.74. The summed E-state index contributed by atoms with van der Waals surface area (Å²) in [6, 6.07) is 7.69. The van der Waals surface area contributed by atoms with Crippen LogP contribution in [0.25, 0.3) is 0 Å². The number of carbonyl (C=O) groups excluding carboxylic acids is 2. The first-order valence-electron chi connectivity index (χ1n) is 10.9. The number of hydrogen-bond donors (Lipinski definition) is 2. The highest BCUT2D eigenvalue weighted by molar-refractivity contribution is 5.86. The van der Waals surface area contributed by atoms with E-state index < -0.39 is 5.60 Å². The Morgan fingerprint density at radius 1 is 1.22 bits per heavy atom. The molecule has 1 saturated heterocycles. The maximum absolute atomic E-state index is 12.5. The van der Waals surface area contributed by atoms with E-state index in [0.29, 0.717) is 25.6 Å². The highest BCUT2D eigenvalue weighted by Gasteiger charge is 2.28. The molecule has 2 amide bonds. The third-order valence-electron chi connectivity index (χ3n) is 4.90. The minimum absolute atomic E-state index is 0.00726. The van der Waals surface area contributed by atoms with Crippen LogP contribution >= 0.6 is 0 Å². The lowest BCUT2D eigenvalue weighted by atomic mass is 10.1. The van der Waals surface area contributed by atoms with Gasteiger partial charge in [0.05, 0.1) is 20.2 Å². The van der Waals surface area contributed by atoms with Crippen LogP contribution in [0.2, 0.25) is 0 Å². The van der Waals surface area contributed by atoms with E-state index in [1.54, 1.807) is 26.1 Å². The lowest BCUT2D eigenvalue weighted by Gasteiger charge is -2.35. The van der Waals surface area contributed by atoms with Crippen LogP contribution in [0.1, 0.15) is 39.2 Å². The molecule has 0 radical (unpaired) electrons. The third kappa shape index (κ3) is 8.64. The number of nitrogens with one attached hydrogen (secondary N) is 2. The second kappa shape index (κ2) is 11.6. The van der Waals surface area contributed by atoms with Gasteiger partial charge in [0.2, 0.25) is 5.91 Å². The van der Waals surface area contributed by atoms with Crippen molar-refractivity contribution in [2.75, 3.05) is 40.8 Å². The van der Waals surface area contributed by atoms with E-state index >= 15 is 0 Å². The van der Waals surface area contributed by atoms with Gasteiger partial charge in [-0.2, -0.15) is 0 Å². The number of likely N-dealkylation sites (tertiary alicyclic amines) is 1. The van der Waals surface area contributed by atoms with Gasteiger partial charge >= 0.3 is 6.09 Å². The maximum Gasteiger partial charge on any atom is 0.410 e. The molecular formula is C23H37N5O4. The van der Waals surface area contributed by atoms with Crippen molar-refractivity contribution in [1.82, 2.24) is 20.4 Å². The summed E-state index contributed by atoms with van der Waals surface area (Å²) in [6.07, 6.45) is 1.44. The number of methoxy groups -OCH3 is 1. The molecule has 32 heavy (non-hydrogen) atoms. The van der Waals surface area contributed by atoms with Crippen molar-refractivity contribution >= 4 is 18.0 Å². The van der Waals surface area contributed by atoms with Gasteiger partial charge in [0, 0.05) is 33.2 Å².